The number of aryl methyl sites for hydroxylation is 1. The lowest BCUT2D eigenvalue weighted by molar-refractivity contribution is -0.0576. The molecule has 4 heteroatoms. The topological polar surface area (TPSA) is 41.9 Å². The van der Waals surface area contributed by atoms with Gasteiger partial charge in [-0.1, -0.05) is 29.8 Å². The molecule has 0 fully saturated rings. The highest BCUT2D eigenvalue weighted by atomic mass is 16.5. The van der Waals surface area contributed by atoms with Gasteiger partial charge in [0.25, 0.3) is 0 Å². The molecule has 1 N–H and O–H groups in total. The summed E-state index contributed by atoms with van der Waals surface area (Å²) in [5.41, 5.74) is 2.27. The summed E-state index contributed by atoms with van der Waals surface area (Å²) in [6.07, 6.45) is -0.499. The monoisotopic (exact) mass is 309 g/mol. The Morgan fingerprint density at radius 2 is 1.82 bits per heavy atom. The SMILES string of the molecule is COCCN(Cc1ccc(C)cc1)CC(O)COC(C)(C)C. The molecule has 1 atom stereocenters. The number of methoxy groups -OCH3 is 1. The molecule has 1 rings (SSSR count). The molecule has 0 bridgehead atoms. The molecule has 0 aliphatic carbocycles. The first kappa shape index (κ1) is 19.1. The van der Waals surface area contributed by atoms with E-state index in [0.717, 1.165) is 13.1 Å². The van der Waals surface area contributed by atoms with Crippen LogP contribution in [0.25, 0.3) is 0 Å². The summed E-state index contributed by atoms with van der Waals surface area (Å²) in [5, 5.41) is 10.2. The van der Waals surface area contributed by atoms with Gasteiger partial charge in [0, 0.05) is 26.7 Å². The number of nitrogens with zero attached hydrogens (tertiary/aromatic N) is 1. The second kappa shape index (κ2) is 9.26. The van der Waals surface area contributed by atoms with Crippen LogP contribution in [0.1, 0.15) is 31.9 Å². The van der Waals surface area contributed by atoms with Crippen LogP contribution in [0.4, 0.5) is 0 Å². The maximum absolute atomic E-state index is 10.2. The number of benzene rings is 1. The largest absolute Gasteiger partial charge is 0.389 e. The molecule has 126 valence electrons. The summed E-state index contributed by atoms with van der Waals surface area (Å²) >= 11 is 0. The Morgan fingerprint density at radius 3 is 2.36 bits per heavy atom. The van der Waals surface area contributed by atoms with Crippen LogP contribution in [-0.4, -0.2) is 55.1 Å². The van der Waals surface area contributed by atoms with E-state index in [-0.39, 0.29) is 5.60 Å². The molecular weight excluding hydrogens is 278 g/mol. The molecule has 1 aromatic rings. The molecule has 0 spiro atoms. The van der Waals surface area contributed by atoms with Gasteiger partial charge < -0.3 is 14.6 Å². The first-order valence-corrected chi connectivity index (χ1v) is 7.89. The molecule has 0 heterocycles. The van der Waals surface area contributed by atoms with E-state index in [1.807, 2.05) is 20.8 Å². The van der Waals surface area contributed by atoms with Crippen LogP contribution in [0, 0.1) is 6.92 Å². The van der Waals surface area contributed by atoms with E-state index in [0.29, 0.717) is 19.8 Å². The van der Waals surface area contributed by atoms with Gasteiger partial charge in [-0.05, 0) is 33.3 Å². The fourth-order valence-electron chi connectivity index (χ4n) is 2.10. The Morgan fingerprint density at radius 1 is 1.18 bits per heavy atom. The normalized spacial score (nSPS) is 13.6. The Hall–Kier alpha value is -0.940. The van der Waals surface area contributed by atoms with Crippen molar-refractivity contribution < 1.29 is 14.6 Å². The number of hydrogen-bond donors (Lipinski definition) is 1. The van der Waals surface area contributed by atoms with Crippen molar-refractivity contribution in [1.82, 2.24) is 4.90 Å². The van der Waals surface area contributed by atoms with Crippen LogP contribution in [0.15, 0.2) is 24.3 Å². The lowest BCUT2D eigenvalue weighted by Crippen LogP contribution is -2.38. The van der Waals surface area contributed by atoms with Gasteiger partial charge in [0.15, 0.2) is 0 Å². The zero-order valence-electron chi connectivity index (χ0n) is 14.6. The van der Waals surface area contributed by atoms with E-state index < -0.39 is 6.10 Å². The average molecular weight is 309 g/mol. The Kier molecular flexibility index (Phi) is 8.04. The summed E-state index contributed by atoms with van der Waals surface area (Å²) in [6.45, 7) is 11.2. The van der Waals surface area contributed by atoms with Gasteiger partial charge in [0.1, 0.15) is 0 Å². The third-order valence-corrected chi connectivity index (χ3v) is 3.32. The van der Waals surface area contributed by atoms with Gasteiger partial charge in [0.05, 0.1) is 24.9 Å². The smallest absolute Gasteiger partial charge is 0.0900 e. The fraction of sp³-hybridized carbons (Fsp3) is 0.667. The Balaban J connectivity index is 2.54. The first-order valence-electron chi connectivity index (χ1n) is 7.89. The summed E-state index contributed by atoms with van der Waals surface area (Å²) < 4.78 is 10.8. The van der Waals surface area contributed by atoms with Crippen molar-refractivity contribution in [2.75, 3.05) is 33.4 Å². The Bertz CT molecular complexity index is 411. The fourth-order valence-corrected chi connectivity index (χ4v) is 2.10. The van der Waals surface area contributed by atoms with Crippen LogP contribution in [0.3, 0.4) is 0 Å². The average Bonchev–Trinajstić information content (AvgIpc) is 2.44. The number of aliphatic hydroxyl groups is 1. The third kappa shape index (κ3) is 8.49. The van der Waals surface area contributed by atoms with Gasteiger partial charge in [0.2, 0.25) is 0 Å². The highest BCUT2D eigenvalue weighted by molar-refractivity contribution is 5.21. The number of ether oxygens (including phenoxy) is 2. The van der Waals surface area contributed by atoms with Crippen molar-refractivity contribution >= 4 is 0 Å². The molecule has 0 aliphatic rings. The van der Waals surface area contributed by atoms with Crippen molar-refractivity contribution in [3.8, 4) is 0 Å². The second-order valence-electron chi connectivity index (χ2n) is 6.79. The van der Waals surface area contributed by atoms with Crippen LogP contribution in [-0.2, 0) is 16.0 Å². The van der Waals surface area contributed by atoms with Gasteiger partial charge in [-0.2, -0.15) is 0 Å². The highest BCUT2D eigenvalue weighted by Gasteiger charge is 2.16. The van der Waals surface area contributed by atoms with Crippen LogP contribution in [0.2, 0.25) is 0 Å². The second-order valence-corrected chi connectivity index (χ2v) is 6.79. The minimum absolute atomic E-state index is 0.227. The van der Waals surface area contributed by atoms with Crippen LogP contribution in [0.5, 0.6) is 0 Å². The molecule has 0 radical (unpaired) electrons. The highest BCUT2D eigenvalue weighted by Crippen LogP contribution is 2.10. The van der Waals surface area contributed by atoms with Gasteiger partial charge in [-0.3, -0.25) is 4.90 Å². The molecule has 22 heavy (non-hydrogen) atoms. The van der Waals surface area contributed by atoms with Crippen LogP contribution >= 0.6 is 0 Å². The maximum atomic E-state index is 10.2. The van der Waals surface area contributed by atoms with Gasteiger partial charge >= 0.3 is 0 Å². The summed E-state index contributed by atoms with van der Waals surface area (Å²) in [4.78, 5) is 2.20. The van der Waals surface area contributed by atoms with E-state index in [9.17, 15) is 5.11 Å². The number of hydrogen-bond acceptors (Lipinski definition) is 4. The van der Waals surface area contributed by atoms with Crippen molar-refractivity contribution in [2.24, 2.45) is 0 Å². The molecule has 0 aliphatic heterocycles. The third-order valence-electron chi connectivity index (χ3n) is 3.32. The van der Waals surface area contributed by atoms with Gasteiger partial charge in [-0.25, -0.2) is 0 Å². The van der Waals surface area contributed by atoms with E-state index in [2.05, 4.69) is 36.1 Å². The van der Waals surface area contributed by atoms with E-state index in [1.54, 1.807) is 7.11 Å². The van der Waals surface area contributed by atoms with E-state index in [1.165, 1.54) is 11.1 Å². The quantitative estimate of drug-likeness (QED) is 0.761. The first-order chi connectivity index (χ1) is 10.3. The van der Waals surface area contributed by atoms with Crippen molar-refractivity contribution in [3.63, 3.8) is 0 Å². The van der Waals surface area contributed by atoms with E-state index in [4.69, 9.17) is 9.47 Å². The molecular formula is C18H31NO3. The van der Waals surface area contributed by atoms with Gasteiger partial charge in [-0.15, -0.1) is 0 Å². The molecule has 0 aromatic heterocycles. The van der Waals surface area contributed by atoms with Crippen molar-refractivity contribution in [3.05, 3.63) is 35.4 Å². The number of rotatable bonds is 9. The summed E-state index contributed by atoms with van der Waals surface area (Å²) in [5.74, 6) is 0. The minimum Gasteiger partial charge on any atom is -0.389 e. The lowest BCUT2D eigenvalue weighted by Gasteiger charge is -2.27. The standard InChI is InChI=1S/C18H31NO3/c1-15-6-8-16(9-7-15)12-19(10-11-21-5)13-17(20)14-22-18(2,3)4/h6-9,17,20H,10-14H2,1-5H3. The predicted molar refractivity (Wildman–Crippen MR) is 90.0 cm³/mol. The molecule has 4 nitrogen and oxygen atoms in total. The van der Waals surface area contributed by atoms with E-state index >= 15 is 0 Å². The molecule has 0 saturated carbocycles. The zero-order valence-corrected chi connectivity index (χ0v) is 14.6. The van der Waals surface area contributed by atoms with Crippen molar-refractivity contribution in [2.45, 2.75) is 45.9 Å². The molecule has 1 aromatic carbocycles. The van der Waals surface area contributed by atoms with Crippen LogP contribution < -0.4 is 0 Å². The Labute approximate surface area is 135 Å². The summed E-state index contributed by atoms with van der Waals surface area (Å²) in [7, 11) is 1.70. The summed E-state index contributed by atoms with van der Waals surface area (Å²) in [6, 6.07) is 8.49. The van der Waals surface area contributed by atoms with Crippen molar-refractivity contribution in [1.29, 1.82) is 0 Å². The zero-order chi connectivity index (χ0) is 16.6. The maximum Gasteiger partial charge on any atom is 0.0900 e. The lowest BCUT2D eigenvalue weighted by atomic mass is 10.1. The molecule has 0 saturated heterocycles. The predicted octanol–water partition coefficient (Wildman–Crippen LogP) is 2.62. The molecule has 1 unspecified atom stereocenters. The minimum atomic E-state index is -0.499. The number of aliphatic hydroxyl groups excluding tert-OH is 1. The molecule has 0 amide bonds.